The normalized spacial score (nSPS) is 12.7. The second kappa shape index (κ2) is 17.1. The van der Waals surface area contributed by atoms with Crippen LogP contribution in [0.3, 0.4) is 0 Å². The molecule has 5 nitrogen and oxygen atoms in total. The smallest absolute Gasteiger partial charge is 0.243 e. The molecule has 1 aromatic heterocycles. The van der Waals surface area contributed by atoms with Crippen molar-refractivity contribution >= 4 is 5.91 Å². The van der Waals surface area contributed by atoms with Gasteiger partial charge in [0.25, 0.3) is 0 Å². The molecule has 1 rings (SSSR count). The molecule has 1 aromatic rings. The zero-order valence-corrected chi connectivity index (χ0v) is 22.6. The van der Waals surface area contributed by atoms with Crippen molar-refractivity contribution in [2.24, 2.45) is 12.8 Å². The van der Waals surface area contributed by atoms with Gasteiger partial charge in [0.15, 0.2) is 0 Å². The summed E-state index contributed by atoms with van der Waals surface area (Å²) < 4.78 is 4.27. The minimum absolute atomic E-state index is 0.00265. The van der Waals surface area contributed by atoms with Gasteiger partial charge in [-0.1, -0.05) is 40.5 Å². The maximum atomic E-state index is 12.3. The lowest BCUT2D eigenvalue weighted by Crippen LogP contribution is -2.32. The van der Waals surface area contributed by atoms with E-state index >= 15 is 0 Å². The number of imidazole rings is 1. The van der Waals surface area contributed by atoms with Crippen LogP contribution in [0.2, 0.25) is 0 Å². The van der Waals surface area contributed by atoms with Gasteiger partial charge in [0.05, 0.1) is 13.6 Å². The third-order valence-corrected chi connectivity index (χ3v) is 5.92. The zero-order valence-electron chi connectivity index (χ0n) is 22.6. The largest absolute Gasteiger partial charge is 0.352 e. The fourth-order valence-corrected chi connectivity index (χ4v) is 3.80. The molecule has 0 aliphatic heterocycles. The number of amides is 1. The van der Waals surface area contributed by atoms with Gasteiger partial charge >= 0.3 is 0 Å². The molecule has 1 heterocycles. The van der Waals surface area contributed by atoms with Gasteiger partial charge in [0, 0.05) is 19.0 Å². The lowest BCUT2D eigenvalue weighted by molar-refractivity contribution is -0.696. The topological polar surface area (TPSA) is 63.9 Å². The van der Waals surface area contributed by atoms with Gasteiger partial charge < -0.3 is 11.1 Å². The average Bonchev–Trinajstić information content (AvgIpc) is 3.11. The quantitative estimate of drug-likeness (QED) is 0.192. The van der Waals surface area contributed by atoms with E-state index in [4.69, 9.17) is 5.73 Å². The Morgan fingerprint density at radius 1 is 0.971 bits per heavy atom. The van der Waals surface area contributed by atoms with Gasteiger partial charge in [-0.2, -0.15) is 0 Å². The molecule has 0 aliphatic carbocycles. The Labute approximate surface area is 208 Å². The number of allylic oxidation sites excluding steroid dienone is 7. The molecule has 0 atom stereocenters. The van der Waals surface area contributed by atoms with Crippen LogP contribution >= 0.6 is 0 Å². The molecular weight excluding hydrogens is 420 g/mol. The van der Waals surface area contributed by atoms with Gasteiger partial charge in [-0.15, -0.1) is 0 Å². The van der Waals surface area contributed by atoms with E-state index in [0.29, 0.717) is 13.1 Å². The summed E-state index contributed by atoms with van der Waals surface area (Å²) in [5, 5.41) is 3.02. The van der Waals surface area contributed by atoms with E-state index in [9.17, 15) is 4.79 Å². The van der Waals surface area contributed by atoms with E-state index in [2.05, 4.69) is 72.9 Å². The van der Waals surface area contributed by atoms with Crippen molar-refractivity contribution in [3.63, 3.8) is 0 Å². The maximum absolute atomic E-state index is 12.3. The fourth-order valence-electron chi connectivity index (χ4n) is 3.80. The molecule has 0 saturated carbocycles. The van der Waals surface area contributed by atoms with Crippen molar-refractivity contribution in [3.8, 4) is 0 Å². The lowest BCUT2D eigenvalue weighted by Gasteiger charge is -2.04. The SMILES string of the molecule is CC(C)=CCC/C(C)=C\CC/C(C)=C/CC/C(C)=C/C(=O)NCCc1c[n+](CCCN)cn1C. The number of aromatic nitrogens is 2. The van der Waals surface area contributed by atoms with Crippen LogP contribution in [0.1, 0.15) is 85.3 Å². The van der Waals surface area contributed by atoms with Crippen LogP contribution in [-0.4, -0.2) is 23.6 Å². The summed E-state index contributed by atoms with van der Waals surface area (Å²) in [6.07, 6.45) is 21.1. The maximum Gasteiger partial charge on any atom is 0.243 e. The molecule has 190 valence electrons. The van der Waals surface area contributed by atoms with Crippen molar-refractivity contribution in [2.75, 3.05) is 13.1 Å². The standard InChI is InChI=1S/C29H48N4O/c1-24(2)11-7-12-25(3)13-8-14-26(4)15-9-16-27(5)21-29(34)31-19-17-28-22-33(20-10-18-30)23-32(28)6/h11,13,15,21-23H,7-10,12,14,16-20,30H2,1-6H3/p+1/b25-13-,26-15+,27-21+. The van der Waals surface area contributed by atoms with Crippen LogP contribution in [0.25, 0.3) is 0 Å². The molecule has 34 heavy (non-hydrogen) atoms. The summed E-state index contributed by atoms with van der Waals surface area (Å²) in [6.45, 7) is 13.1. The van der Waals surface area contributed by atoms with Gasteiger partial charge in [0.1, 0.15) is 11.9 Å². The summed E-state index contributed by atoms with van der Waals surface area (Å²) in [6, 6.07) is 0. The highest BCUT2D eigenvalue weighted by Gasteiger charge is 2.10. The Morgan fingerprint density at radius 2 is 1.56 bits per heavy atom. The summed E-state index contributed by atoms with van der Waals surface area (Å²) >= 11 is 0. The highest BCUT2D eigenvalue weighted by atomic mass is 16.1. The molecule has 0 spiro atoms. The summed E-state index contributed by atoms with van der Waals surface area (Å²) in [7, 11) is 2.04. The third kappa shape index (κ3) is 14.0. The number of carbonyl (C=O) groups is 1. The number of nitrogens with one attached hydrogen (secondary N) is 1. The molecule has 0 radical (unpaired) electrons. The van der Waals surface area contributed by atoms with Gasteiger partial charge in [-0.25, -0.2) is 9.13 Å². The Hall–Kier alpha value is -2.40. The summed E-state index contributed by atoms with van der Waals surface area (Å²) in [5.41, 5.74) is 12.2. The van der Waals surface area contributed by atoms with Gasteiger partial charge in [-0.3, -0.25) is 4.79 Å². The Kier molecular flexibility index (Phi) is 14.9. The van der Waals surface area contributed by atoms with E-state index in [1.54, 1.807) is 6.08 Å². The molecule has 1 amide bonds. The highest BCUT2D eigenvalue weighted by Crippen LogP contribution is 2.13. The van der Waals surface area contributed by atoms with E-state index in [1.807, 2.05) is 14.0 Å². The number of aryl methyl sites for hydroxylation is 2. The number of nitrogens with two attached hydrogens (primary N) is 1. The lowest BCUT2D eigenvalue weighted by atomic mass is 10.0. The number of rotatable bonds is 16. The molecule has 3 N–H and O–H groups in total. The minimum Gasteiger partial charge on any atom is -0.352 e. The van der Waals surface area contributed by atoms with E-state index in [1.165, 1.54) is 22.4 Å². The predicted molar refractivity (Wildman–Crippen MR) is 144 cm³/mol. The second-order valence-corrected chi connectivity index (χ2v) is 9.76. The number of nitrogens with zero attached hydrogens (tertiary/aromatic N) is 2. The van der Waals surface area contributed by atoms with Crippen LogP contribution in [0, 0.1) is 0 Å². The molecule has 0 saturated heterocycles. The third-order valence-electron chi connectivity index (χ3n) is 5.92. The molecule has 0 fully saturated rings. The van der Waals surface area contributed by atoms with Crippen LogP contribution < -0.4 is 15.6 Å². The number of hydrogen-bond donors (Lipinski definition) is 2. The van der Waals surface area contributed by atoms with Crippen LogP contribution in [0.5, 0.6) is 0 Å². The molecular formula is C29H49N4O+. The molecule has 0 aliphatic rings. The number of hydrogen-bond acceptors (Lipinski definition) is 2. The van der Waals surface area contributed by atoms with E-state index in [0.717, 1.165) is 63.5 Å². The first kappa shape index (κ1) is 29.6. The number of carbonyl (C=O) groups excluding carboxylic acids is 1. The van der Waals surface area contributed by atoms with E-state index in [-0.39, 0.29) is 5.91 Å². The molecule has 5 heteroatoms. The van der Waals surface area contributed by atoms with E-state index < -0.39 is 0 Å². The van der Waals surface area contributed by atoms with Crippen LogP contribution in [-0.2, 0) is 24.8 Å². The van der Waals surface area contributed by atoms with Crippen molar-refractivity contribution in [1.29, 1.82) is 0 Å². The Balaban J connectivity index is 2.30. The van der Waals surface area contributed by atoms with Crippen molar-refractivity contribution in [1.82, 2.24) is 9.88 Å². The Morgan fingerprint density at radius 3 is 2.15 bits per heavy atom. The predicted octanol–water partition coefficient (Wildman–Crippen LogP) is 5.47. The minimum atomic E-state index is -0.00265. The fraction of sp³-hybridized carbons (Fsp3) is 0.586. The van der Waals surface area contributed by atoms with Crippen molar-refractivity contribution in [3.05, 3.63) is 64.8 Å². The summed E-state index contributed by atoms with van der Waals surface area (Å²) in [4.78, 5) is 12.3. The zero-order chi connectivity index (χ0) is 25.3. The van der Waals surface area contributed by atoms with Crippen LogP contribution in [0.15, 0.2) is 59.1 Å². The van der Waals surface area contributed by atoms with Crippen LogP contribution in [0.4, 0.5) is 0 Å². The van der Waals surface area contributed by atoms with Gasteiger partial charge in [0.2, 0.25) is 12.2 Å². The first-order valence-electron chi connectivity index (χ1n) is 12.8. The summed E-state index contributed by atoms with van der Waals surface area (Å²) in [5.74, 6) is -0.00265. The first-order valence-corrected chi connectivity index (χ1v) is 12.8. The first-order chi connectivity index (χ1) is 16.2. The molecule has 0 aromatic carbocycles. The molecule has 0 bridgehead atoms. The average molecular weight is 470 g/mol. The monoisotopic (exact) mass is 469 g/mol. The Bertz CT molecular complexity index is 867. The van der Waals surface area contributed by atoms with Gasteiger partial charge in [-0.05, 0) is 86.1 Å². The van der Waals surface area contributed by atoms with Crippen molar-refractivity contribution in [2.45, 2.75) is 92.5 Å². The second-order valence-electron chi connectivity index (χ2n) is 9.76. The highest BCUT2D eigenvalue weighted by molar-refractivity contribution is 5.88. The van der Waals surface area contributed by atoms with Crippen molar-refractivity contribution < 1.29 is 9.36 Å². The molecule has 0 unspecified atom stereocenters.